The van der Waals surface area contributed by atoms with Crippen molar-refractivity contribution in [2.24, 2.45) is 0 Å². The monoisotopic (exact) mass is 231 g/mol. The average molecular weight is 231 g/mol. The van der Waals surface area contributed by atoms with Crippen LogP contribution in [-0.4, -0.2) is 40.5 Å². The zero-order valence-corrected chi connectivity index (χ0v) is 8.90. The number of carboxylic acids is 1. The van der Waals surface area contributed by atoms with Crippen molar-refractivity contribution in [1.82, 2.24) is 4.90 Å². The molecular weight excluding hydrogens is 224 g/mol. The van der Waals surface area contributed by atoms with Crippen LogP contribution >= 0.6 is 16.7 Å². The Morgan fingerprint density at radius 3 is 2.93 bits per heavy atom. The van der Waals surface area contributed by atoms with Crippen molar-refractivity contribution in [3.05, 3.63) is 0 Å². The van der Waals surface area contributed by atoms with Gasteiger partial charge in [0.15, 0.2) is 0 Å². The van der Waals surface area contributed by atoms with E-state index >= 15 is 0 Å². The van der Waals surface area contributed by atoms with E-state index in [-0.39, 0.29) is 0 Å². The van der Waals surface area contributed by atoms with E-state index in [1.165, 1.54) is 0 Å². The average Bonchev–Trinajstić information content (AvgIpc) is 2.42. The van der Waals surface area contributed by atoms with Crippen LogP contribution in [0.5, 0.6) is 0 Å². The molecule has 1 aliphatic rings. The third-order valence-electron chi connectivity index (χ3n) is 1.65. The van der Waals surface area contributed by atoms with Gasteiger partial charge in [-0.1, -0.05) is 0 Å². The number of nitrogens with zero attached hydrogens (tertiary/aromatic N) is 1. The van der Waals surface area contributed by atoms with E-state index in [1.54, 1.807) is 0 Å². The van der Waals surface area contributed by atoms with Gasteiger partial charge in [0.05, 0.1) is 0 Å². The summed E-state index contributed by atoms with van der Waals surface area (Å²) in [6.07, 6.45) is 4.05. The summed E-state index contributed by atoms with van der Waals surface area (Å²) in [5.74, 6) is -1.61. The predicted molar refractivity (Wildman–Crippen MR) is 52.5 cm³/mol. The normalized spacial score (nSPS) is 25.3. The van der Waals surface area contributed by atoms with Gasteiger partial charge in [0.25, 0.3) is 0 Å². The second kappa shape index (κ2) is 4.59. The number of aliphatic carboxylic acids is 1. The van der Waals surface area contributed by atoms with Crippen molar-refractivity contribution in [3.8, 4) is 11.8 Å². The molecule has 5 nitrogen and oxygen atoms in total. The molecule has 0 aromatic carbocycles. The van der Waals surface area contributed by atoms with Crippen molar-refractivity contribution in [2.75, 3.05) is 6.54 Å². The molecule has 1 fully saturated rings. The van der Waals surface area contributed by atoms with Crippen LogP contribution in [0.4, 0.5) is 4.79 Å². The zero-order chi connectivity index (χ0) is 10.7. The maximum atomic E-state index is 11.2. The van der Waals surface area contributed by atoms with Gasteiger partial charge < -0.3 is 0 Å². The Balaban J connectivity index is 2.85. The van der Waals surface area contributed by atoms with Gasteiger partial charge in [-0.15, -0.1) is 0 Å². The van der Waals surface area contributed by atoms with Crippen molar-refractivity contribution in [1.29, 1.82) is 0 Å². The first-order chi connectivity index (χ1) is 6.60. The van der Waals surface area contributed by atoms with Crippen molar-refractivity contribution in [2.45, 2.75) is 11.9 Å². The van der Waals surface area contributed by atoms with Crippen LogP contribution in [0.15, 0.2) is 0 Å². The molecular formula is C7H7NO4P2+2. The van der Waals surface area contributed by atoms with E-state index in [4.69, 9.17) is 16.0 Å². The number of hydrogen-bond donors (Lipinski definition) is 1. The van der Waals surface area contributed by atoms with E-state index in [9.17, 15) is 9.59 Å². The van der Waals surface area contributed by atoms with Crippen LogP contribution in [0.3, 0.4) is 0 Å². The molecule has 14 heavy (non-hydrogen) atoms. The van der Waals surface area contributed by atoms with Gasteiger partial charge in [0.2, 0.25) is 0 Å². The standard InChI is InChI=1S/C7H5NO4P2/c1-14-6-4(3-13)12-7(11)8(6)2-5(9)10/h1,4,6H,2H2/p+2. The van der Waals surface area contributed by atoms with Crippen LogP contribution in [0.1, 0.15) is 0 Å². The van der Waals surface area contributed by atoms with Gasteiger partial charge in [0, 0.05) is 0 Å². The number of rotatable bonds is 2. The van der Waals surface area contributed by atoms with Gasteiger partial charge in [-0.25, -0.2) is 0 Å². The molecule has 1 N–H and O–H groups in total. The number of cyclic esters (lactones) is 1. The summed E-state index contributed by atoms with van der Waals surface area (Å²) in [7, 11) is 3.33. The third-order valence-corrected chi connectivity index (χ3v) is 2.79. The number of amides is 1. The number of carboxylic acid groups (broad SMARTS) is 1. The second-order valence-corrected chi connectivity index (χ2v) is 3.65. The van der Waals surface area contributed by atoms with E-state index in [0.29, 0.717) is 8.04 Å². The molecule has 1 aliphatic heterocycles. The van der Waals surface area contributed by atoms with Crippen molar-refractivity contribution < 1.29 is 19.4 Å². The SMILES string of the molecule is C#[P+]C1C(C#[PH+])OC(=O)N1CC(=O)O. The van der Waals surface area contributed by atoms with E-state index in [2.05, 4.69) is 14.3 Å². The topological polar surface area (TPSA) is 66.8 Å². The van der Waals surface area contributed by atoms with Crippen LogP contribution in [0, 0.1) is 11.8 Å². The first-order valence-corrected chi connectivity index (χ1v) is 5.14. The number of ether oxygens (including phenoxy) is 1. The second-order valence-electron chi connectivity index (χ2n) is 2.53. The van der Waals surface area contributed by atoms with E-state index < -0.39 is 30.5 Å². The molecule has 1 heterocycles. The molecule has 72 valence electrons. The molecule has 2 atom stereocenters. The van der Waals surface area contributed by atoms with Crippen molar-refractivity contribution in [3.63, 3.8) is 0 Å². The van der Waals surface area contributed by atoms with E-state index in [1.807, 2.05) is 0 Å². The molecule has 0 radical (unpaired) electrons. The summed E-state index contributed by atoms with van der Waals surface area (Å²) in [5.41, 5.74) is 2.54. The molecule has 1 saturated heterocycles. The van der Waals surface area contributed by atoms with Crippen LogP contribution < -0.4 is 0 Å². The minimum atomic E-state index is -1.11. The Labute approximate surface area is 84.0 Å². The summed E-state index contributed by atoms with van der Waals surface area (Å²) in [5, 5.41) is 8.54. The molecule has 0 aromatic heterocycles. The number of carbonyl (C=O) groups excluding carboxylic acids is 1. The van der Waals surface area contributed by atoms with E-state index in [0.717, 1.165) is 4.90 Å². The fraction of sp³-hybridized carbons (Fsp3) is 0.429. The number of carbonyl (C=O) groups is 2. The van der Waals surface area contributed by atoms with Gasteiger partial charge in [-0.2, -0.15) is 0 Å². The molecule has 0 spiro atoms. The van der Waals surface area contributed by atoms with Crippen LogP contribution in [0.25, 0.3) is 0 Å². The van der Waals surface area contributed by atoms with Crippen LogP contribution in [-0.2, 0) is 9.53 Å². The summed E-state index contributed by atoms with van der Waals surface area (Å²) in [6.45, 7) is -0.419. The zero-order valence-electron chi connectivity index (χ0n) is 7.01. The first kappa shape index (κ1) is 11.2. The van der Waals surface area contributed by atoms with Gasteiger partial charge in [0.1, 0.15) is 0 Å². The fourth-order valence-corrected chi connectivity index (χ4v) is 2.06. The van der Waals surface area contributed by atoms with Gasteiger partial charge in [-0.3, -0.25) is 0 Å². The molecule has 1 rings (SSSR count). The Morgan fingerprint density at radius 2 is 2.50 bits per heavy atom. The molecule has 2 unspecified atom stereocenters. The Morgan fingerprint density at radius 1 is 1.86 bits per heavy atom. The third kappa shape index (κ3) is 2.15. The molecule has 0 saturated carbocycles. The summed E-state index contributed by atoms with van der Waals surface area (Å²) in [4.78, 5) is 22.7. The quantitative estimate of drug-likeness (QED) is 0.715. The maximum absolute atomic E-state index is 11.2. The Bertz CT molecular complexity index is 356. The fourth-order valence-electron chi connectivity index (χ4n) is 1.08. The first-order valence-electron chi connectivity index (χ1n) is 3.61. The molecule has 1 amide bonds. The summed E-state index contributed by atoms with van der Waals surface area (Å²) in [6, 6.07) is 0. The van der Waals surface area contributed by atoms with Gasteiger partial charge in [-0.05, 0) is 0 Å². The summed E-state index contributed by atoms with van der Waals surface area (Å²) < 4.78 is 4.80. The Hall–Kier alpha value is -0.840. The predicted octanol–water partition coefficient (Wildman–Crippen LogP) is 0.855. The van der Waals surface area contributed by atoms with Gasteiger partial charge >= 0.3 is 83.3 Å². The summed E-state index contributed by atoms with van der Waals surface area (Å²) >= 11 is 0. The minimum absolute atomic E-state index is 0.365. The molecule has 0 aromatic rings. The molecule has 0 aliphatic carbocycles. The Kier molecular flexibility index (Phi) is 3.69. The van der Waals surface area contributed by atoms with Crippen LogP contribution in [0.2, 0.25) is 0 Å². The molecule has 0 bridgehead atoms. The number of hydrogen-bond acceptors (Lipinski definition) is 3. The van der Waals surface area contributed by atoms with Crippen molar-refractivity contribution >= 4 is 28.8 Å². The molecule has 7 heteroatoms.